The summed E-state index contributed by atoms with van der Waals surface area (Å²) in [4.78, 5) is 9.02. The van der Waals surface area contributed by atoms with Gasteiger partial charge in [-0.2, -0.15) is 0 Å². The van der Waals surface area contributed by atoms with E-state index in [0.29, 0.717) is 5.92 Å². The second-order valence-corrected chi connectivity index (χ2v) is 4.98. The molecular weight excluding hydrogens is 218 g/mol. The molecule has 0 aromatic carbocycles. The molecule has 0 amide bonds. The minimum Gasteiger partial charge on any atom is -0.384 e. The van der Waals surface area contributed by atoms with Gasteiger partial charge >= 0.3 is 0 Å². The number of thiazole rings is 1. The van der Waals surface area contributed by atoms with Gasteiger partial charge in [0.1, 0.15) is 5.01 Å². The Bertz CT molecular complexity index is 493. The first kappa shape index (κ1) is 9.78. The van der Waals surface area contributed by atoms with Crippen LogP contribution in [0.1, 0.15) is 25.0 Å². The van der Waals surface area contributed by atoms with Crippen molar-refractivity contribution in [1.82, 2.24) is 9.97 Å². The molecule has 0 radical (unpaired) electrons. The van der Waals surface area contributed by atoms with E-state index >= 15 is 0 Å². The van der Waals surface area contributed by atoms with Crippen LogP contribution in [0.2, 0.25) is 0 Å². The highest BCUT2D eigenvalue weighted by Gasteiger charge is 2.18. The van der Waals surface area contributed by atoms with Crippen LogP contribution in [0.5, 0.6) is 0 Å². The summed E-state index contributed by atoms with van der Waals surface area (Å²) in [7, 11) is 0. The van der Waals surface area contributed by atoms with Gasteiger partial charge in [-0.25, -0.2) is 9.97 Å². The van der Waals surface area contributed by atoms with Crippen LogP contribution in [0, 0.1) is 0 Å². The number of hydrogen-bond donors (Lipinski definition) is 1. The third-order valence-electron chi connectivity index (χ3n) is 2.94. The average Bonchev–Trinajstić information content (AvgIpc) is 2.83. The van der Waals surface area contributed by atoms with Gasteiger partial charge in [0, 0.05) is 24.0 Å². The highest BCUT2D eigenvalue weighted by molar-refractivity contribution is 7.13. The van der Waals surface area contributed by atoms with E-state index in [2.05, 4.69) is 23.3 Å². The largest absolute Gasteiger partial charge is 0.384 e. The second-order valence-electron chi connectivity index (χ2n) is 4.08. The molecule has 0 fully saturated rings. The second kappa shape index (κ2) is 3.87. The first-order valence-electron chi connectivity index (χ1n) is 5.49. The van der Waals surface area contributed by atoms with E-state index in [0.717, 1.165) is 23.7 Å². The minimum absolute atomic E-state index is 0.538. The number of anilines is 1. The fraction of sp³-hybridized carbons (Fsp3) is 0.333. The lowest BCUT2D eigenvalue weighted by atomic mass is 9.98. The lowest BCUT2D eigenvalue weighted by molar-refractivity contribution is 0.662. The fourth-order valence-electron chi connectivity index (χ4n) is 2.03. The van der Waals surface area contributed by atoms with E-state index in [4.69, 9.17) is 4.98 Å². The molecule has 2 aromatic heterocycles. The molecule has 2 aromatic rings. The zero-order valence-corrected chi connectivity index (χ0v) is 9.92. The van der Waals surface area contributed by atoms with Crippen LogP contribution < -0.4 is 5.32 Å². The maximum Gasteiger partial charge on any atom is 0.141 e. The Morgan fingerprint density at radius 3 is 3.19 bits per heavy atom. The molecule has 0 saturated carbocycles. The Balaban J connectivity index is 2.07. The predicted octanol–water partition coefficient (Wildman–Crippen LogP) is 3.12. The SMILES string of the molecule is CC1CCNc2ccc(-c3nccs3)nc21. The van der Waals surface area contributed by atoms with Gasteiger partial charge in [-0.15, -0.1) is 11.3 Å². The number of nitrogens with zero attached hydrogens (tertiary/aromatic N) is 2. The summed E-state index contributed by atoms with van der Waals surface area (Å²) in [6.45, 7) is 3.28. The molecule has 0 saturated heterocycles. The monoisotopic (exact) mass is 231 g/mol. The minimum atomic E-state index is 0.538. The quantitative estimate of drug-likeness (QED) is 0.819. The van der Waals surface area contributed by atoms with Gasteiger partial charge in [0.2, 0.25) is 0 Å². The Morgan fingerprint density at radius 1 is 1.44 bits per heavy atom. The van der Waals surface area contributed by atoms with E-state index in [1.807, 2.05) is 17.6 Å². The smallest absolute Gasteiger partial charge is 0.141 e. The van der Waals surface area contributed by atoms with Gasteiger partial charge in [-0.1, -0.05) is 6.92 Å². The molecule has 3 heterocycles. The summed E-state index contributed by atoms with van der Waals surface area (Å²) in [6.07, 6.45) is 2.98. The molecule has 1 aliphatic rings. The standard InChI is InChI=1S/C12H13N3S/c1-8-4-5-13-9-2-3-10(15-11(8)9)12-14-6-7-16-12/h2-3,6-8,13H,4-5H2,1H3. The van der Waals surface area contributed by atoms with Gasteiger partial charge in [0.25, 0.3) is 0 Å². The van der Waals surface area contributed by atoms with Crippen molar-refractivity contribution in [1.29, 1.82) is 0 Å². The lowest BCUT2D eigenvalue weighted by Gasteiger charge is -2.22. The zero-order valence-electron chi connectivity index (χ0n) is 9.10. The number of rotatable bonds is 1. The van der Waals surface area contributed by atoms with Crippen molar-refractivity contribution in [3.8, 4) is 10.7 Å². The van der Waals surface area contributed by atoms with Crippen molar-refractivity contribution in [2.45, 2.75) is 19.3 Å². The Labute approximate surface area is 98.6 Å². The molecule has 1 atom stereocenters. The third kappa shape index (κ3) is 1.59. The van der Waals surface area contributed by atoms with E-state index in [1.165, 1.54) is 11.4 Å². The summed E-state index contributed by atoms with van der Waals surface area (Å²) < 4.78 is 0. The molecule has 0 aliphatic carbocycles. The Morgan fingerprint density at radius 2 is 2.38 bits per heavy atom. The first-order chi connectivity index (χ1) is 7.84. The lowest BCUT2D eigenvalue weighted by Crippen LogP contribution is -2.16. The number of hydrogen-bond acceptors (Lipinski definition) is 4. The number of pyridine rings is 1. The van der Waals surface area contributed by atoms with Crippen molar-refractivity contribution >= 4 is 17.0 Å². The summed E-state index contributed by atoms with van der Waals surface area (Å²) in [5, 5.41) is 6.37. The van der Waals surface area contributed by atoms with E-state index in [-0.39, 0.29) is 0 Å². The van der Waals surface area contributed by atoms with Crippen molar-refractivity contribution in [3.63, 3.8) is 0 Å². The molecule has 1 aliphatic heterocycles. The molecular formula is C12H13N3S. The van der Waals surface area contributed by atoms with Crippen molar-refractivity contribution in [2.24, 2.45) is 0 Å². The predicted molar refractivity (Wildman–Crippen MR) is 66.9 cm³/mol. The average molecular weight is 231 g/mol. The molecule has 3 nitrogen and oxygen atoms in total. The molecule has 0 bridgehead atoms. The number of fused-ring (bicyclic) bond motifs is 1. The van der Waals surface area contributed by atoms with Gasteiger partial charge in [-0.05, 0) is 18.6 Å². The van der Waals surface area contributed by atoms with Crippen molar-refractivity contribution in [2.75, 3.05) is 11.9 Å². The van der Waals surface area contributed by atoms with Crippen LogP contribution in [-0.2, 0) is 0 Å². The van der Waals surface area contributed by atoms with Gasteiger partial charge in [0.15, 0.2) is 0 Å². The van der Waals surface area contributed by atoms with Crippen LogP contribution in [0.4, 0.5) is 5.69 Å². The molecule has 16 heavy (non-hydrogen) atoms. The van der Waals surface area contributed by atoms with Gasteiger partial charge in [-0.3, -0.25) is 0 Å². The van der Waals surface area contributed by atoms with Crippen molar-refractivity contribution < 1.29 is 0 Å². The third-order valence-corrected chi connectivity index (χ3v) is 3.73. The normalized spacial score (nSPS) is 18.9. The van der Waals surface area contributed by atoms with Crippen LogP contribution >= 0.6 is 11.3 Å². The molecule has 82 valence electrons. The molecule has 1 unspecified atom stereocenters. The molecule has 3 rings (SSSR count). The van der Waals surface area contributed by atoms with Crippen LogP contribution in [-0.4, -0.2) is 16.5 Å². The maximum absolute atomic E-state index is 4.72. The summed E-state index contributed by atoms with van der Waals surface area (Å²) in [5.74, 6) is 0.538. The maximum atomic E-state index is 4.72. The summed E-state index contributed by atoms with van der Waals surface area (Å²) >= 11 is 1.63. The summed E-state index contributed by atoms with van der Waals surface area (Å²) in [6, 6.07) is 4.16. The Kier molecular flexibility index (Phi) is 2.36. The van der Waals surface area contributed by atoms with Crippen LogP contribution in [0.3, 0.4) is 0 Å². The number of nitrogens with one attached hydrogen (secondary N) is 1. The van der Waals surface area contributed by atoms with E-state index in [1.54, 1.807) is 11.3 Å². The van der Waals surface area contributed by atoms with E-state index < -0.39 is 0 Å². The van der Waals surface area contributed by atoms with Crippen molar-refractivity contribution in [3.05, 3.63) is 29.4 Å². The highest BCUT2D eigenvalue weighted by atomic mass is 32.1. The van der Waals surface area contributed by atoms with Gasteiger partial charge < -0.3 is 5.32 Å². The van der Waals surface area contributed by atoms with E-state index in [9.17, 15) is 0 Å². The molecule has 1 N–H and O–H groups in total. The molecule has 0 spiro atoms. The zero-order chi connectivity index (χ0) is 11.0. The Hall–Kier alpha value is -1.42. The van der Waals surface area contributed by atoms with Crippen LogP contribution in [0.15, 0.2) is 23.7 Å². The first-order valence-corrected chi connectivity index (χ1v) is 6.37. The fourth-order valence-corrected chi connectivity index (χ4v) is 2.64. The van der Waals surface area contributed by atoms with Gasteiger partial charge in [0.05, 0.1) is 17.1 Å². The highest BCUT2D eigenvalue weighted by Crippen LogP contribution is 2.32. The topological polar surface area (TPSA) is 37.8 Å². The number of aromatic nitrogens is 2. The summed E-state index contributed by atoms with van der Waals surface area (Å²) in [5.41, 5.74) is 3.35. The molecule has 4 heteroatoms. The van der Waals surface area contributed by atoms with Crippen LogP contribution in [0.25, 0.3) is 10.7 Å².